The molecule has 0 fully saturated rings. The molecule has 1 unspecified atom stereocenters. The quantitative estimate of drug-likeness (QED) is 0.808. The molecule has 0 spiro atoms. The minimum atomic E-state index is -0.281. The summed E-state index contributed by atoms with van der Waals surface area (Å²) in [4.78, 5) is 12.4. The Morgan fingerprint density at radius 1 is 1.54 bits per heavy atom. The molecule has 138 valence electrons. The number of fused-ring (bicyclic) bond motifs is 1. The minimum Gasteiger partial charge on any atom is -0.492 e. The third kappa shape index (κ3) is 3.70. The zero-order valence-corrected chi connectivity index (χ0v) is 16.1. The first-order chi connectivity index (χ1) is 12.4. The highest BCUT2D eigenvalue weighted by atomic mass is 35.5. The number of carbonyl (C=O) groups is 1. The number of anilines is 1. The van der Waals surface area contributed by atoms with Crippen LogP contribution in [-0.4, -0.2) is 28.4 Å². The first kappa shape index (κ1) is 18.3. The van der Waals surface area contributed by atoms with Gasteiger partial charge in [0.05, 0.1) is 18.0 Å². The van der Waals surface area contributed by atoms with Gasteiger partial charge in [0.2, 0.25) is 5.91 Å². The van der Waals surface area contributed by atoms with Crippen LogP contribution in [0.25, 0.3) is 6.08 Å². The van der Waals surface area contributed by atoms with E-state index in [9.17, 15) is 4.79 Å². The maximum Gasteiger partial charge on any atom is 0.248 e. The Morgan fingerprint density at radius 2 is 2.31 bits per heavy atom. The van der Waals surface area contributed by atoms with Crippen molar-refractivity contribution in [3.63, 3.8) is 0 Å². The van der Waals surface area contributed by atoms with Crippen molar-refractivity contribution in [2.75, 3.05) is 11.9 Å². The van der Waals surface area contributed by atoms with Crippen LogP contribution in [0, 0.1) is 6.92 Å². The van der Waals surface area contributed by atoms with Gasteiger partial charge in [-0.3, -0.25) is 9.48 Å². The van der Waals surface area contributed by atoms with Crippen molar-refractivity contribution in [2.24, 2.45) is 7.05 Å². The lowest BCUT2D eigenvalue weighted by Gasteiger charge is -2.12. The highest BCUT2D eigenvalue weighted by molar-refractivity contribution is 6.31. The normalized spacial score (nSPS) is 15.8. The van der Waals surface area contributed by atoms with Crippen LogP contribution >= 0.6 is 11.6 Å². The van der Waals surface area contributed by atoms with Gasteiger partial charge in [-0.25, -0.2) is 0 Å². The second kappa shape index (κ2) is 7.41. The van der Waals surface area contributed by atoms with Crippen LogP contribution in [0.15, 0.2) is 18.2 Å². The molecular formula is C19H22ClN3O3. The lowest BCUT2D eigenvalue weighted by atomic mass is 10.1. The Labute approximate surface area is 157 Å². The van der Waals surface area contributed by atoms with E-state index in [0.29, 0.717) is 23.2 Å². The Morgan fingerprint density at radius 3 is 2.96 bits per heavy atom. The van der Waals surface area contributed by atoms with Crippen molar-refractivity contribution in [2.45, 2.75) is 33.3 Å². The van der Waals surface area contributed by atoms with Gasteiger partial charge in [-0.15, -0.1) is 0 Å². The van der Waals surface area contributed by atoms with E-state index >= 15 is 0 Å². The Bertz CT molecular complexity index is 873. The molecule has 0 saturated carbocycles. The van der Waals surface area contributed by atoms with Gasteiger partial charge in [-0.05, 0) is 32.9 Å². The highest BCUT2D eigenvalue weighted by Gasteiger charge is 2.22. The number of rotatable bonds is 5. The number of carbonyl (C=O) groups excluding carboxylic acids is 1. The summed E-state index contributed by atoms with van der Waals surface area (Å²) in [7, 11) is 1.76. The number of nitrogens with one attached hydrogen (secondary N) is 1. The molecule has 1 aromatic carbocycles. The van der Waals surface area contributed by atoms with Crippen LogP contribution in [0.2, 0.25) is 5.15 Å². The summed E-state index contributed by atoms with van der Waals surface area (Å²) >= 11 is 6.18. The van der Waals surface area contributed by atoms with Gasteiger partial charge in [-0.2, -0.15) is 5.10 Å². The number of halogens is 1. The number of amides is 1. The van der Waals surface area contributed by atoms with Crippen molar-refractivity contribution in [3.8, 4) is 11.5 Å². The fourth-order valence-electron chi connectivity index (χ4n) is 2.98. The molecule has 1 aromatic heterocycles. The molecule has 1 atom stereocenters. The number of aromatic nitrogens is 2. The fourth-order valence-corrected chi connectivity index (χ4v) is 3.22. The summed E-state index contributed by atoms with van der Waals surface area (Å²) in [5, 5.41) is 7.56. The molecule has 1 aliphatic rings. The van der Waals surface area contributed by atoms with Crippen LogP contribution in [0.4, 0.5) is 5.69 Å². The van der Waals surface area contributed by atoms with Crippen LogP contribution in [0.3, 0.4) is 0 Å². The number of hydrogen-bond donors (Lipinski definition) is 1. The van der Waals surface area contributed by atoms with E-state index in [0.717, 1.165) is 29.0 Å². The monoisotopic (exact) mass is 375 g/mol. The molecule has 1 amide bonds. The smallest absolute Gasteiger partial charge is 0.248 e. The Balaban J connectivity index is 1.80. The van der Waals surface area contributed by atoms with E-state index in [4.69, 9.17) is 21.1 Å². The molecule has 7 heteroatoms. The van der Waals surface area contributed by atoms with E-state index in [1.165, 1.54) is 6.08 Å². The van der Waals surface area contributed by atoms with E-state index in [1.807, 2.05) is 32.9 Å². The molecule has 1 N–H and O–H groups in total. The van der Waals surface area contributed by atoms with Crippen LogP contribution in [0.5, 0.6) is 11.5 Å². The Kier molecular flexibility index (Phi) is 5.23. The number of hydrogen-bond acceptors (Lipinski definition) is 4. The lowest BCUT2D eigenvalue weighted by Crippen LogP contribution is -2.10. The van der Waals surface area contributed by atoms with Gasteiger partial charge in [-0.1, -0.05) is 11.6 Å². The van der Waals surface area contributed by atoms with Crippen LogP contribution in [-0.2, 0) is 18.3 Å². The summed E-state index contributed by atoms with van der Waals surface area (Å²) in [6.45, 7) is 6.28. The van der Waals surface area contributed by atoms with Crippen molar-refractivity contribution in [3.05, 3.63) is 40.2 Å². The predicted octanol–water partition coefficient (Wildman–Crippen LogP) is 3.76. The maximum atomic E-state index is 12.4. The average molecular weight is 376 g/mol. The molecule has 0 saturated heterocycles. The summed E-state index contributed by atoms with van der Waals surface area (Å²) in [5.74, 6) is 1.14. The molecule has 1 aliphatic heterocycles. The molecule has 3 rings (SSSR count). The highest BCUT2D eigenvalue weighted by Crippen LogP contribution is 2.38. The lowest BCUT2D eigenvalue weighted by molar-refractivity contribution is -0.111. The van der Waals surface area contributed by atoms with Crippen molar-refractivity contribution in [1.82, 2.24) is 9.78 Å². The molecule has 0 aliphatic carbocycles. The van der Waals surface area contributed by atoms with E-state index in [1.54, 1.807) is 17.8 Å². The zero-order valence-electron chi connectivity index (χ0n) is 15.3. The summed E-state index contributed by atoms with van der Waals surface area (Å²) in [6, 6.07) is 3.75. The maximum absolute atomic E-state index is 12.4. The summed E-state index contributed by atoms with van der Waals surface area (Å²) < 4.78 is 13.0. The second-order valence-electron chi connectivity index (χ2n) is 6.26. The van der Waals surface area contributed by atoms with E-state index < -0.39 is 0 Å². The van der Waals surface area contributed by atoms with Crippen molar-refractivity contribution < 1.29 is 14.3 Å². The molecular weight excluding hydrogens is 354 g/mol. The van der Waals surface area contributed by atoms with Gasteiger partial charge in [0.25, 0.3) is 0 Å². The average Bonchev–Trinajstić information content (AvgIpc) is 3.04. The molecule has 26 heavy (non-hydrogen) atoms. The molecule has 6 nitrogen and oxygen atoms in total. The second-order valence-corrected chi connectivity index (χ2v) is 6.62. The number of nitrogens with zero attached hydrogens (tertiary/aromatic N) is 2. The predicted molar refractivity (Wildman–Crippen MR) is 102 cm³/mol. The largest absolute Gasteiger partial charge is 0.492 e. The standard InChI is InChI=1S/C19H22ClN3O3/c1-5-25-17-9-13-8-11(2)26-16(13)10-15(17)21-18(24)7-6-14-12(3)22-23(4)19(14)20/h6-7,9-11H,5,8H2,1-4H3,(H,21,24)/b7-6+. The SMILES string of the molecule is CCOc1cc2c(cc1NC(=O)/C=C/c1c(C)nn(C)c1Cl)OC(C)C2. The number of benzene rings is 1. The van der Waals surface area contributed by atoms with Gasteiger partial charge in [0, 0.05) is 36.7 Å². The third-order valence-electron chi connectivity index (χ3n) is 4.15. The Hall–Kier alpha value is -2.47. The van der Waals surface area contributed by atoms with Crippen LogP contribution < -0.4 is 14.8 Å². The van der Waals surface area contributed by atoms with Crippen LogP contribution in [0.1, 0.15) is 30.7 Å². The zero-order chi connectivity index (χ0) is 18.8. The molecule has 0 radical (unpaired) electrons. The molecule has 2 aromatic rings. The van der Waals surface area contributed by atoms with Gasteiger partial charge in [0.1, 0.15) is 22.8 Å². The molecule has 0 bridgehead atoms. The molecule has 2 heterocycles. The fraction of sp³-hybridized carbons (Fsp3) is 0.368. The van der Waals surface area contributed by atoms with Gasteiger partial charge >= 0.3 is 0 Å². The number of aryl methyl sites for hydroxylation is 2. The topological polar surface area (TPSA) is 65.4 Å². The first-order valence-corrected chi connectivity index (χ1v) is 8.91. The van der Waals surface area contributed by atoms with Gasteiger partial charge in [0.15, 0.2) is 0 Å². The first-order valence-electron chi connectivity index (χ1n) is 8.53. The third-order valence-corrected chi connectivity index (χ3v) is 4.60. The summed E-state index contributed by atoms with van der Waals surface area (Å²) in [5.41, 5.74) is 3.16. The summed E-state index contributed by atoms with van der Waals surface area (Å²) in [6.07, 6.45) is 4.05. The number of ether oxygens (including phenoxy) is 2. The van der Waals surface area contributed by atoms with Crippen molar-refractivity contribution in [1.29, 1.82) is 0 Å². The van der Waals surface area contributed by atoms with Crippen molar-refractivity contribution >= 4 is 29.3 Å². The minimum absolute atomic E-state index is 0.126. The van der Waals surface area contributed by atoms with E-state index in [-0.39, 0.29) is 12.0 Å². The van der Waals surface area contributed by atoms with Gasteiger partial charge < -0.3 is 14.8 Å². The van der Waals surface area contributed by atoms with E-state index in [2.05, 4.69) is 10.4 Å².